The zero-order valence-corrected chi connectivity index (χ0v) is 43.3. The van der Waals surface area contributed by atoms with Gasteiger partial charge in [-0.15, -0.1) is 0 Å². The first-order valence-corrected chi connectivity index (χ1v) is 25.1. The van der Waals surface area contributed by atoms with Gasteiger partial charge in [0, 0.05) is 119 Å². The largest absolute Gasteiger partial charge is 0.507 e. The number of aliphatic hydroxyl groups excluding tert-OH is 2. The van der Waals surface area contributed by atoms with Crippen LogP contribution in [0, 0.1) is 42.4 Å². The van der Waals surface area contributed by atoms with Gasteiger partial charge in [0.05, 0.1) is 41.2 Å². The van der Waals surface area contributed by atoms with Crippen molar-refractivity contribution >= 4 is 40.2 Å². The third-order valence-electron chi connectivity index (χ3n) is 15.2. The second kappa shape index (κ2) is 20.9. The van der Waals surface area contributed by atoms with Crippen LogP contribution >= 0.6 is 0 Å². The Balaban J connectivity index is 1.32. The Morgan fingerprint density at radius 3 is 2.14 bits per heavy atom. The Hall–Kier alpha value is -5.56. The molecule has 5 N–H and O–H groups in total. The number of fused-ring (bicyclic) bond motifs is 13. The van der Waals surface area contributed by atoms with Gasteiger partial charge in [-0.25, -0.2) is 9.79 Å². The molecule has 2 saturated heterocycles. The minimum Gasteiger partial charge on any atom is -0.507 e. The van der Waals surface area contributed by atoms with Crippen molar-refractivity contribution in [3.63, 3.8) is 0 Å². The predicted octanol–water partition coefficient (Wildman–Crippen LogP) is 5.12. The van der Waals surface area contributed by atoms with Gasteiger partial charge < -0.3 is 59.4 Å². The maximum absolute atomic E-state index is 14.9. The lowest BCUT2D eigenvalue weighted by Crippen LogP contribution is -2.53. The highest BCUT2D eigenvalue weighted by molar-refractivity contribution is 6.21. The van der Waals surface area contributed by atoms with E-state index in [2.05, 4.69) is 29.1 Å². The molecule has 2 fully saturated rings. The average Bonchev–Trinajstić information content (AvgIpc) is 3.84. The molecule has 6 heterocycles. The number of amides is 3. The van der Waals surface area contributed by atoms with Crippen molar-refractivity contribution < 1.29 is 58.6 Å². The van der Waals surface area contributed by atoms with E-state index in [4.69, 9.17) is 23.9 Å². The molecule has 71 heavy (non-hydrogen) atoms. The van der Waals surface area contributed by atoms with E-state index in [1.807, 2.05) is 13.8 Å². The molecule has 1 spiro atoms. The van der Waals surface area contributed by atoms with E-state index in [0.717, 1.165) is 6.54 Å². The van der Waals surface area contributed by atoms with Crippen LogP contribution in [0.2, 0.25) is 0 Å². The van der Waals surface area contributed by atoms with Crippen molar-refractivity contribution in [1.82, 2.24) is 14.7 Å². The van der Waals surface area contributed by atoms with Crippen LogP contribution in [0.5, 0.6) is 17.2 Å². The fourth-order valence-electron chi connectivity index (χ4n) is 10.7. The van der Waals surface area contributed by atoms with Crippen LogP contribution in [0.25, 0.3) is 10.8 Å². The molecule has 2 aromatic rings. The molecule has 6 aliphatic rings. The van der Waals surface area contributed by atoms with E-state index in [-0.39, 0.29) is 74.6 Å². The number of benzene rings is 2. The molecular formula is C53H74N6O12. The standard InChI is InChI=1S/C53H74N6O12/c1-27(2)26-57-19-17-53(18-20-57)55-39-36-37-44(62)34(10)47-38(36)48(64)52(11,71-47)69-25-16-35(68-12)31(7)46(70-51(67)59-23-21-58(22-24-59)50(66)28(3)4)33(9)43(61)32(8)42(60)29(5)14-13-15-30(6)49(65)54-41(45(37)63)40(39)56-53/h13-16,25,27-29,31-33,35,42-43,46,55,60-63H,17-24,26H2,1-12H3/b14-13+,25-16+,30-15-,54-41?/t29-,31+,32+,33+,35-,42-,43+,46+,52-/m0/s1. The number of aromatic hydroxyl groups is 2. The maximum Gasteiger partial charge on any atom is 0.410 e. The number of phenols is 2. The van der Waals surface area contributed by atoms with Gasteiger partial charge in [0.25, 0.3) is 11.7 Å². The number of ether oxygens (including phenoxy) is 4. The molecule has 18 nitrogen and oxygen atoms in total. The highest BCUT2D eigenvalue weighted by Gasteiger charge is 2.51. The number of piperidine rings is 1. The number of carbonyl (C=O) groups is 4. The molecule has 6 aliphatic heterocycles. The quantitative estimate of drug-likeness (QED) is 0.245. The average molecular weight is 987 g/mol. The fraction of sp³-hybridized carbons (Fsp3) is 0.623. The number of Topliss-reactive ketones (excluding diaryl/α,β-unsaturated/α-hetero) is 1. The summed E-state index contributed by atoms with van der Waals surface area (Å²) in [7, 11) is 1.47. The topological polar surface area (TPSA) is 233 Å². The number of aliphatic hydroxyl groups is 2. The number of nitrogens with one attached hydrogen (secondary N) is 1. The van der Waals surface area contributed by atoms with Gasteiger partial charge in [-0.05, 0) is 25.8 Å². The van der Waals surface area contributed by atoms with E-state index in [1.165, 1.54) is 31.3 Å². The minimum absolute atomic E-state index is 0.000967. The van der Waals surface area contributed by atoms with E-state index in [1.54, 1.807) is 64.7 Å². The molecule has 0 radical (unpaired) electrons. The number of piperazine rings is 1. The number of allylic oxidation sites excluding steroid dienone is 2. The van der Waals surface area contributed by atoms with Crippen molar-refractivity contribution in [1.29, 1.82) is 0 Å². The molecule has 8 rings (SSSR count). The molecule has 0 aliphatic carbocycles. The number of carbonyl (C=O) groups excluding carboxylic acids is 4. The maximum atomic E-state index is 14.9. The van der Waals surface area contributed by atoms with Crippen molar-refractivity contribution in [2.45, 2.75) is 125 Å². The van der Waals surface area contributed by atoms with Crippen LogP contribution < -0.4 is 20.8 Å². The molecule has 388 valence electrons. The molecule has 0 aromatic heterocycles. The first-order chi connectivity index (χ1) is 33.4. The SMILES string of the molecule is CO[C@H]1/C=C/O[C@@]2(C)Oc3c(C)c(O)c4c(O)c(c5c(c4c3C2=O)NC2(CCN(CC(C)C)CC2)N=5)=NC(=O)/C(C)=C\C=C\[C@H](C)[C@H](O)[C@@H](C)[C@@H](O)[C@@H](C)[C@H](OC(=O)N2CCN(C(=O)C(C)C)CC2)[C@@H]1C. The second-order valence-corrected chi connectivity index (χ2v) is 21.2. The summed E-state index contributed by atoms with van der Waals surface area (Å²) >= 11 is 0. The monoisotopic (exact) mass is 987 g/mol. The fourth-order valence-corrected chi connectivity index (χ4v) is 10.7. The minimum atomic E-state index is -2.00. The van der Waals surface area contributed by atoms with Gasteiger partial charge >= 0.3 is 11.9 Å². The van der Waals surface area contributed by atoms with Gasteiger partial charge in [-0.1, -0.05) is 73.6 Å². The normalized spacial score (nSPS) is 31.1. The Bertz CT molecular complexity index is 2630. The highest BCUT2D eigenvalue weighted by atomic mass is 16.7. The third kappa shape index (κ3) is 10.3. The number of nitrogens with zero attached hydrogens (tertiary/aromatic N) is 5. The van der Waals surface area contributed by atoms with Crippen LogP contribution in [0.4, 0.5) is 10.5 Å². The van der Waals surface area contributed by atoms with Crippen LogP contribution in [-0.2, 0) is 23.8 Å². The predicted molar refractivity (Wildman–Crippen MR) is 265 cm³/mol. The summed E-state index contributed by atoms with van der Waals surface area (Å²) in [5.74, 6) is -6.64. The van der Waals surface area contributed by atoms with Crippen LogP contribution in [0.3, 0.4) is 0 Å². The Kier molecular flexibility index (Phi) is 15.7. The van der Waals surface area contributed by atoms with Gasteiger partial charge in [-0.3, -0.25) is 19.4 Å². The van der Waals surface area contributed by atoms with E-state index >= 15 is 0 Å². The summed E-state index contributed by atoms with van der Waals surface area (Å²) in [6, 6.07) is 0. The zero-order valence-electron chi connectivity index (χ0n) is 43.3. The Labute approximate surface area is 416 Å². The van der Waals surface area contributed by atoms with Crippen molar-refractivity contribution in [2.24, 2.45) is 45.5 Å². The van der Waals surface area contributed by atoms with Crippen LogP contribution in [-0.4, -0.2) is 148 Å². The first kappa shape index (κ1) is 53.2. The molecular weight excluding hydrogens is 913 g/mol. The number of hydrogen-bond acceptors (Lipinski definition) is 15. The number of likely N-dealkylation sites (tertiary alicyclic amines) is 1. The van der Waals surface area contributed by atoms with Gasteiger partial charge in [0.15, 0.2) is 5.75 Å². The van der Waals surface area contributed by atoms with Gasteiger partial charge in [-0.2, -0.15) is 0 Å². The molecule has 2 aromatic carbocycles. The summed E-state index contributed by atoms with van der Waals surface area (Å²) in [6.45, 7) is 23.1. The number of anilines is 1. The summed E-state index contributed by atoms with van der Waals surface area (Å²) < 4.78 is 24.8. The van der Waals surface area contributed by atoms with E-state index in [9.17, 15) is 39.6 Å². The van der Waals surface area contributed by atoms with Crippen LogP contribution in [0.15, 0.2) is 46.1 Å². The molecule has 18 heteroatoms. The molecule has 3 amide bonds. The summed E-state index contributed by atoms with van der Waals surface area (Å²) in [4.78, 5) is 70.9. The van der Waals surface area contributed by atoms with E-state index in [0.29, 0.717) is 50.6 Å². The van der Waals surface area contributed by atoms with Gasteiger partial charge in [0.2, 0.25) is 5.91 Å². The third-order valence-corrected chi connectivity index (χ3v) is 15.2. The summed E-state index contributed by atoms with van der Waals surface area (Å²) in [6.07, 6.45) is 4.06. The number of rotatable bonds is 5. The van der Waals surface area contributed by atoms with Crippen molar-refractivity contribution in [2.75, 3.05) is 58.2 Å². The smallest absolute Gasteiger partial charge is 0.410 e. The molecule has 0 saturated carbocycles. The van der Waals surface area contributed by atoms with Gasteiger partial charge in [0.1, 0.15) is 34.0 Å². The molecule has 9 atom stereocenters. The first-order valence-electron chi connectivity index (χ1n) is 25.1. The summed E-state index contributed by atoms with van der Waals surface area (Å²) in [5.41, 5.74) is -0.196. The van der Waals surface area contributed by atoms with Crippen LogP contribution in [0.1, 0.15) is 98.0 Å². The number of phenolic OH excluding ortho intramolecular Hbond substituents is 2. The number of ketones is 1. The number of hydrogen-bond donors (Lipinski definition) is 5. The lowest BCUT2D eigenvalue weighted by atomic mass is 9.78. The summed E-state index contributed by atoms with van der Waals surface area (Å²) in [5, 5.41) is 51.4. The molecule has 5 bridgehead atoms. The van der Waals surface area contributed by atoms with Crippen molar-refractivity contribution in [3.05, 3.63) is 58.0 Å². The highest BCUT2D eigenvalue weighted by Crippen LogP contribution is 2.51. The zero-order chi connectivity index (χ0) is 52.0. The molecule has 0 unspecified atom stereocenters. The second-order valence-electron chi connectivity index (χ2n) is 21.2. The number of methoxy groups -OCH3 is 1. The Morgan fingerprint density at radius 1 is 0.873 bits per heavy atom. The Morgan fingerprint density at radius 2 is 1.52 bits per heavy atom. The lowest BCUT2D eigenvalue weighted by molar-refractivity contribution is -0.136. The van der Waals surface area contributed by atoms with Crippen molar-refractivity contribution in [3.8, 4) is 17.2 Å². The van der Waals surface area contributed by atoms with E-state index < -0.39 is 83.1 Å². The lowest BCUT2D eigenvalue weighted by Gasteiger charge is -2.40.